The molecule has 0 radical (unpaired) electrons. The third kappa shape index (κ3) is 4.75. The highest BCUT2D eigenvalue weighted by Gasteiger charge is 2.36. The molecular weight excluding hydrogens is 448 g/mol. The number of fused-ring (bicyclic) bond motifs is 1. The van der Waals surface area contributed by atoms with Gasteiger partial charge in [-0.05, 0) is 65.7 Å². The average Bonchev–Trinajstić information content (AvgIpc) is 3.13. The van der Waals surface area contributed by atoms with Crippen LogP contribution in [0.2, 0.25) is 0 Å². The third-order valence-corrected chi connectivity index (χ3v) is 5.41. The van der Waals surface area contributed by atoms with Crippen molar-refractivity contribution in [2.75, 3.05) is 20.8 Å². The maximum atomic E-state index is 12.5. The average molecular weight is 468 g/mol. The Hall–Kier alpha value is -4.90. The summed E-state index contributed by atoms with van der Waals surface area (Å²) in [7, 11) is 2.98. The van der Waals surface area contributed by atoms with Crippen molar-refractivity contribution in [3.63, 3.8) is 0 Å². The molecule has 8 heteroatoms. The predicted octanol–water partition coefficient (Wildman–Crippen LogP) is 3.97. The topological polar surface area (TPSA) is 106 Å². The number of carbonyl (C=O) groups excluding carboxylic acids is 3. The number of hydrogen-bond acceptors (Lipinski definition) is 7. The molecule has 0 bridgehead atoms. The Morgan fingerprint density at radius 3 is 2.14 bits per heavy atom. The van der Waals surface area contributed by atoms with E-state index in [4.69, 9.17) is 14.2 Å². The quantitative estimate of drug-likeness (QED) is 0.170. The zero-order valence-electron chi connectivity index (χ0n) is 19.0. The lowest BCUT2D eigenvalue weighted by Crippen LogP contribution is -2.36. The van der Waals surface area contributed by atoms with Crippen LogP contribution < -0.4 is 14.2 Å². The van der Waals surface area contributed by atoms with Crippen LogP contribution in [0.1, 0.15) is 31.8 Å². The van der Waals surface area contributed by atoms with Crippen LogP contribution in [0.4, 0.5) is 0 Å². The van der Waals surface area contributed by atoms with Gasteiger partial charge >= 0.3 is 5.97 Å². The monoisotopic (exact) mass is 468 g/mol. The molecule has 3 aromatic rings. The second kappa shape index (κ2) is 9.93. The molecule has 4 rings (SSSR count). The van der Waals surface area contributed by atoms with Crippen molar-refractivity contribution >= 4 is 29.4 Å². The first kappa shape index (κ1) is 23.3. The minimum Gasteiger partial charge on any atom is -0.497 e. The van der Waals surface area contributed by atoms with Gasteiger partial charge in [-0.15, -0.1) is 0 Å². The fourth-order valence-corrected chi connectivity index (χ4v) is 3.64. The van der Waals surface area contributed by atoms with Gasteiger partial charge in [0.1, 0.15) is 12.3 Å². The first-order chi connectivity index (χ1) is 16.9. The summed E-state index contributed by atoms with van der Waals surface area (Å²) in [5.41, 5.74) is 2.29. The Labute approximate surface area is 201 Å². The molecular formula is C27H20N2O6. The second-order valence-electron chi connectivity index (χ2n) is 7.52. The molecule has 0 saturated heterocycles. The second-order valence-corrected chi connectivity index (χ2v) is 7.52. The van der Waals surface area contributed by atoms with E-state index >= 15 is 0 Å². The molecule has 1 heterocycles. The minimum atomic E-state index is -0.794. The highest BCUT2D eigenvalue weighted by atomic mass is 16.6. The van der Waals surface area contributed by atoms with Crippen LogP contribution in [0.3, 0.4) is 0 Å². The normalized spacial score (nSPS) is 12.7. The molecule has 0 atom stereocenters. The van der Waals surface area contributed by atoms with Gasteiger partial charge in [-0.3, -0.25) is 14.5 Å². The summed E-state index contributed by atoms with van der Waals surface area (Å²) in [6, 6.07) is 20.4. The Morgan fingerprint density at radius 2 is 1.57 bits per heavy atom. The van der Waals surface area contributed by atoms with E-state index in [1.807, 2.05) is 0 Å². The first-order valence-corrected chi connectivity index (χ1v) is 10.6. The van der Waals surface area contributed by atoms with Crippen molar-refractivity contribution in [3.05, 3.63) is 89.0 Å². The zero-order valence-corrected chi connectivity index (χ0v) is 19.0. The molecule has 0 N–H and O–H groups in total. The summed E-state index contributed by atoms with van der Waals surface area (Å²) in [6.07, 6.45) is 1.68. The number of allylic oxidation sites excluding steroid dienone is 1. The number of methoxy groups -OCH3 is 2. The molecule has 8 nitrogen and oxygen atoms in total. The van der Waals surface area contributed by atoms with Gasteiger partial charge in [0.2, 0.25) is 0 Å². The smallest absolute Gasteiger partial charge is 0.331 e. The molecule has 174 valence electrons. The summed E-state index contributed by atoms with van der Waals surface area (Å²) in [5, 5.41) is 9.60. The number of ether oxygens (including phenoxy) is 3. The Morgan fingerprint density at radius 1 is 0.914 bits per heavy atom. The maximum Gasteiger partial charge on any atom is 0.331 e. The largest absolute Gasteiger partial charge is 0.497 e. The molecule has 3 aromatic carbocycles. The van der Waals surface area contributed by atoms with Gasteiger partial charge in [0.25, 0.3) is 11.8 Å². The summed E-state index contributed by atoms with van der Waals surface area (Å²) >= 11 is 0. The van der Waals surface area contributed by atoms with Gasteiger partial charge in [-0.25, -0.2) is 4.79 Å². The van der Waals surface area contributed by atoms with E-state index in [1.54, 1.807) is 61.7 Å². The van der Waals surface area contributed by atoms with Crippen LogP contribution in [0.25, 0.3) is 11.6 Å². The lowest BCUT2D eigenvalue weighted by molar-refractivity contribution is -0.134. The zero-order chi connectivity index (χ0) is 24.9. The standard InChI is InChI=1S/C27H20N2O6/c1-33-20-10-8-18(9-11-20)19(15-28)13-17-7-12-23(24(14-17)34-2)35-25(30)16-29-26(31)21-5-3-4-6-22(21)27(29)32/h3-14H,16H2,1-2H3/b19-13-. The van der Waals surface area contributed by atoms with Crippen LogP contribution in [0, 0.1) is 11.3 Å². The fourth-order valence-electron chi connectivity index (χ4n) is 3.64. The predicted molar refractivity (Wildman–Crippen MR) is 127 cm³/mol. The molecule has 1 aliphatic heterocycles. The van der Waals surface area contributed by atoms with Crippen LogP contribution in [0.15, 0.2) is 66.7 Å². The van der Waals surface area contributed by atoms with Crippen molar-refractivity contribution in [3.8, 4) is 23.3 Å². The van der Waals surface area contributed by atoms with E-state index in [1.165, 1.54) is 25.3 Å². The fraction of sp³-hybridized carbons (Fsp3) is 0.111. The highest BCUT2D eigenvalue weighted by Crippen LogP contribution is 2.31. The molecule has 0 saturated carbocycles. The maximum absolute atomic E-state index is 12.5. The molecule has 0 unspecified atom stereocenters. The van der Waals surface area contributed by atoms with Crippen molar-refractivity contribution < 1.29 is 28.6 Å². The molecule has 1 aliphatic rings. The van der Waals surface area contributed by atoms with E-state index in [-0.39, 0.29) is 22.6 Å². The van der Waals surface area contributed by atoms with E-state index in [0.717, 1.165) is 4.90 Å². The van der Waals surface area contributed by atoms with Crippen molar-refractivity contribution in [2.24, 2.45) is 0 Å². The molecule has 0 fully saturated rings. The molecule has 35 heavy (non-hydrogen) atoms. The van der Waals surface area contributed by atoms with Crippen molar-refractivity contribution in [1.82, 2.24) is 4.90 Å². The van der Waals surface area contributed by atoms with Gasteiger partial charge in [0.15, 0.2) is 11.5 Å². The minimum absolute atomic E-state index is 0.120. The van der Waals surface area contributed by atoms with Gasteiger partial charge in [0, 0.05) is 0 Å². The summed E-state index contributed by atoms with van der Waals surface area (Å²) in [5.74, 6) is -0.831. The van der Waals surface area contributed by atoms with E-state index in [2.05, 4.69) is 6.07 Å². The number of hydrogen-bond donors (Lipinski definition) is 0. The number of nitriles is 1. The van der Waals surface area contributed by atoms with Gasteiger partial charge in [-0.1, -0.05) is 18.2 Å². The van der Waals surface area contributed by atoms with Crippen LogP contribution in [-0.4, -0.2) is 43.4 Å². The molecule has 0 aromatic heterocycles. The number of rotatable bonds is 7. The third-order valence-electron chi connectivity index (χ3n) is 5.41. The number of esters is 1. The highest BCUT2D eigenvalue weighted by molar-refractivity contribution is 6.22. The molecule has 2 amide bonds. The Bertz CT molecular complexity index is 1350. The van der Waals surface area contributed by atoms with E-state index in [0.29, 0.717) is 22.4 Å². The number of amides is 2. The van der Waals surface area contributed by atoms with E-state index < -0.39 is 24.3 Å². The number of nitrogens with zero attached hydrogens (tertiary/aromatic N) is 2. The number of benzene rings is 3. The van der Waals surface area contributed by atoms with Crippen LogP contribution in [-0.2, 0) is 4.79 Å². The lowest BCUT2D eigenvalue weighted by atomic mass is 10.0. The van der Waals surface area contributed by atoms with Gasteiger partial charge in [-0.2, -0.15) is 5.26 Å². The first-order valence-electron chi connectivity index (χ1n) is 10.6. The lowest BCUT2D eigenvalue weighted by Gasteiger charge is -2.14. The molecule has 0 spiro atoms. The van der Waals surface area contributed by atoms with Gasteiger partial charge < -0.3 is 14.2 Å². The summed E-state index contributed by atoms with van der Waals surface area (Å²) < 4.78 is 15.9. The Kier molecular flexibility index (Phi) is 6.60. The SMILES string of the molecule is COc1ccc(/C(C#N)=C\c2ccc(OC(=O)CN3C(=O)c4ccccc4C3=O)c(OC)c2)cc1. The van der Waals surface area contributed by atoms with Crippen molar-refractivity contribution in [1.29, 1.82) is 5.26 Å². The Balaban J connectivity index is 1.50. The molecule has 0 aliphatic carbocycles. The summed E-state index contributed by atoms with van der Waals surface area (Å²) in [6.45, 7) is -0.535. The van der Waals surface area contributed by atoms with Gasteiger partial charge in [0.05, 0.1) is 37.0 Å². The number of carbonyl (C=O) groups is 3. The van der Waals surface area contributed by atoms with Crippen LogP contribution in [0.5, 0.6) is 17.2 Å². The van der Waals surface area contributed by atoms with Crippen LogP contribution >= 0.6 is 0 Å². The van der Waals surface area contributed by atoms with E-state index in [9.17, 15) is 19.6 Å². The van der Waals surface area contributed by atoms with Crippen molar-refractivity contribution in [2.45, 2.75) is 0 Å². The summed E-state index contributed by atoms with van der Waals surface area (Å²) in [4.78, 5) is 38.3. The number of imide groups is 1.